The van der Waals surface area contributed by atoms with E-state index in [2.05, 4.69) is 0 Å². The van der Waals surface area contributed by atoms with Crippen molar-refractivity contribution in [3.8, 4) is 28.5 Å². The van der Waals surface area contributed by atoms with E-state index in [0.29, 0.717) is 30.4 Å². The molecular weight excluding hydrogens is 360 g/mol. The molecule has 0 saturated carbocycles. The highest BCUT2D eigenvalue weighted by molar-refractivity contribution is 6.02. The third-order valence-corrected chi connectivity index (χ3v) is 5.03. The second-order valence-corrected chi connectivity index (χ2v) is 6.68. The van der Waals surface area contributed by atoms with Crippen LogP contribution in [-0.2, 0) is 4.74 Å². The number of hydrogen-bond acceptors (Lipinski definition) is 6. The average Bonchev–Trinajstić information content (AvgIpc) is 3.35. The van der Waals surface area contributed by atoms with Crippen LogP contribution in [0.4, 0.5) is 10.5 Å². The Balaban J connectivity index is 1.70. The number of methoxy groups -OCH3 is 1. The van der Waals surface area contributed by atoms with Crippen molar-refractivity contribution in [3.05, 3.63) is 42.0 Å². The lowest BCUT2D eigenvalue weighted by atomic mass is 10.0. The smallest absolute Gasteiger partial charge is 0.414 e. The van der Waals surface area contributed by atoms with Gasteiger partial charge in [0.2, 0.25) is 12.5 Å². The molecule has 0 bridgehead atoms. The van der Waals surface area contributed by atoms with Crippen LogP contribution in [0, 0.1) is 6.92 Å². The van der Waals surface area contributed by atoms with Gasteiger partial charge in [-0.3, -0.25) is 4.90 Å². The minimum absolute atomic E-state index is 0.167. The van der Waals surface area contributed by atoms with Crippen LogP contribution in [-0.4, -0.2) is 38.1 Å². The van der Waals surface area contributed by atoms with Gasteiger partial charge in [-0.1, -0.05) is 12.1 Å². The van der Waals surface area contributed by atoms with Gasteiger partial charge in [0, 0.05) is 10.9 Å². The molecular formula is C21H18N2O5. The number of aromatic nitrogens is 1. The lowest BCUT2D eigenvalue weighted by molar-refractivity contribution is 0.171. The first-order chi connectivity index (χ1) is 13.7. The van der Waals surface area contributed by atoms with Crippen molar-refractivity contribution in [2.24, 2.45) is 0 Å². The van der Waals surface area contributed by atoms with E-state index >= 15 is 0 Å². The van der Waals surface area contributed by atoms with Crippen molar-refractivity contribution in [3.63, 3.8) is 0 Å². The maximum atomic E-state index is 12.1. The molecule has 0 radical (unpaired) electrons. The molecule has 0 spiro atoms. The van der Waals surface area contributed by atoms with Crippen LogP contribution >= 0.6 is 0 Å². The number of nitrogens with zero attached hydrogens (tertiary/aromatic N) is 2. The van der Waals surface area contributed by atoms with E-state index in [1.807, 2.05) is 43.3 Å². The Labute approximate surface area is 161 Å². The van der Waals surface area contributed by atoms with Crippen LogP contribution < -0.4 is 19.1 Å². The second-order valence-electron chi connectivity index (χ2n) is 6.68. The standard InChI is InChI=1S/C21H18N2O5/c1-12-8-15(13-9-17(25-2)20-18(10-13)27-11-28-20)22-19-14(12)4-3-5-16(19)23-6-7-26-21(23)24/h3-5,8-10H,6-7,11H2,1-2H3. The second kappa shape index (κ2) is 6.30. The summed E-state index contributed by atoms with van der Waals surface area (Å²) in [6.07, 6.45) is -0.345. The zero-order valence-electron chi connectivity index (χ0n) is 15.5. The maximum absolute atomic E-state index is 12.1. The number of aryl methyl sites for hydroxylation is 1. The summed E-state index contributed by atoms with van der Waals surface area (Å²) in [7, 11) is 1.59. The van der Waals surface area contributed by atoms with Crippen molar-refractivity contribution >= 4 is 22.7 Å². The summed E-state index contributed by atoms with van der Waals surface area (Å²) in [4.78, 5) is 18.6. The summed E-state index contributed by atoms with van der Waals surface area (Å²) < 4.78 is 21.6. The third kappa shape index (κ3) is 2.51. The average molecular weight is 378 g/mol. The summed E-state index contributed by atoms with van der Waals surface area (Å²) in [5.41, 5.74) is 4.18. The van der Waals surface area contributed by atoms with Crippen molar-refractivity contribution in [2.75, 3.05) is 32.0 Å². The van der Waals surface area contributed by atoms with Gasteiger partial charge in [-0.2, -0.15) is 0 Å². The van der Waals surface area contributed by atoms with Crippen molar-refractivity contribution in [1.29, 1.82) is 0 Å². The topological polar surface area (TPSA) is 70.1 Å². The monoisotopic (exact) mass is 378 g/mol. The molecule has 7 nitrogen and oxygen atoms in total. The minimum Gasteiger partial charge on any atom is -0.493 e. The number of amides is 1. The SMILES string of the molecule is COc1cc(-c2cc(C)c3cccc(N4CCOC4=O)c3n2)cc2c1OCO2. The van der Waals surface area contributed by atoms with Gasteiger partial charge in [-0.05, 0) is 36.8 Å². The number of carbonyl (C=O) groups is 1. The lowest BCUT2D eigenvalue weighted by Gasteiger charge is -2.17. The predicted molar refractivity (Wildman–Crippen MR) is 103 cm³/mol. The molecule has 1 fully saturated rings. The molecule has 1 amide bonds. The molecule has 2 aliphatic heterocycles. The van der Waals surface area contributed by atoms with E-state index < -0.39 is 0 Å². The molecule has 1 saturated heterocycles. The zero-order chi connectivity index (χ0) is 19.3. The van der Waals surface area contributed by atoms with Gasteiger partial charge in [0.1, 0.15) is 6.61 Å². The van der Waals surface area contributed by atoms with E-state index in [4.69, 9.17) is 23.9 Å². The fourth-order valence-corrected chi connectivity index (χ4v) is 3.66. The molecule has 0 atom stereocenters. The molecule has 142 valence electrons. The molecule has 2 aliphatic rings. The molecule has 0 aliphatic carbocycles. The van der Waals surface area contributed by atoms with E-state index in [1.165, 1.54) is 0 Å². The highest BCUT2D eigenvalue weighted by atomic mass is 16.7. The van der Waals surface area contributed by atoms with Gasteiger partial charge in [-0.25, -0.2) is 9.78 Å². The summed E-state index contributed by atoms with van der Waals surface area (Å²) in [5.74, 6) is 1.83. The number of rotatable bonds is 3. The highest BCUT2D eigenvalue weighted by Crippen LogP contribution is 2.44. The number of fused-ring (bicyclic) bond motifs is 2. The van der Waals surface area contributed by atoms with E-state index in [1.54, 1.807) is 12.0 Å². The van der Waals surface area contributed by atoms with Crippen molar-refractivity contribution in [1.82, 2.24) is 4.98 Å². The summed E-state index contributed by atoms with van der Waals surface area (Å²) in [6.45, 7) is 3.10. The normalized spacial score (nSPS) is 15.2. The van der Waals surface area contributed by atoms with Gasteiger partial charge in [-0.15, -0.1) is 0 Å². The summed E-state index contributed by atoms with van der Waals surface area (Å²) in [6, 6.07) is 11.6. The van der Waals surface area contributed by atoms with E-state index in [9.17, 15) is 4.79 Å². The van der Waals surface area contributed by atoms with Gasteiger partial charge in [0.15, 0.2) is 11.5 Å². The first-order valence-electron chi connectivity index (χ1n) is 8.98. The molecule has 0 N–H and O–H groups in total. The number of pyridine rings is 1. The zero-order valence-corrected chi connectivity index (χ0v) is 15.5. The van der Waals surface area contributed by atoms with E-state index in [0.717, 1.165) is 33.4 Å². The summed E-state index contributed by atoms with van der Waals surface area (Å²) in [5, 5.41) is 0.994. The molecule has 28 heavy (non-hydrogen) atoms. The number of benzene rings is 2. The number of cyclic esters (lactones) is 1. The van der Waals surface area contributed by atoms with Crippen LogP contribution in [0.2, 0.25) is 0 Å². The van der Waals surface area contributed by atoms with Crippen molar-refractivity contribution < 1.29 is 23.7 Å². The van der Waals surface area contributed by atoms with Crippen LogP contribution in [0.5, 0.6) is 17.2 Å². The quantitative estimate of drug-likeness (QED) is 0.688. The lowest BCUT2D eigenvalue weighted by Crippen LogP contribution is -2.23. The minimum atomic E-state index is -0.345. The van der Waals surface area contributed by atoms with Crippen LogP contribution in [0.1, 0.15) is 5.56 Å². The Kier molecular flexibility index (Phi) is 3.75. The Bertz CT molecular complexity index is 1110. The van der Waals surface area contributed by atoms with Crippen LogP contribution in [0.15, 0.2) is 36.4 Å². The predicted octanol–water partition coefficient (Wildman–Crippen LogP) is 3.90. The largest absolute Gasteiger partial charge is 0.493 e. The Morgan fingerprint density at radius 3 is 2.82 bits per heavy atom. The fourth-order valence-electron chi connectivity index (χ4n) is 3.66. The molecule has 3 heterocycles. The number of hydrogen-bond donors (Lipinski definition) is 0. The molecule has 2 aromatic carbocycles. The third-order valence-electron chi connectivity index (χ3n) is 5.03. The Morgan fingerprint density at radius 1 is 1.14 bits per heavy atom. The number of anilines is 1. The Hall–Kier alpha value is -3.48. The number of para-hydroxylation sites is 1. The van der Waals surface area contributed by atoms with Crippen molar-refractivity contribution in [2.45, 2.75) is 6.92 Å². The molecule has 1 aromatic heterocycles. The number of carbonyl (C=O) groups excluding carboxylic acids is 1. The highest BCUT2D eigenvalue weighted by Gasteiger charge is 2.26. The van der Waals surface area contributed by atoms with E-state index in [-0.39, 0.29) is 12.9 Å². The molecule has 7 heteroatoms. The van der Waals surface area contributed by atoms with Gasteiger partial charge in [0.05, 0.1) is 30.6 Å². The molecule has 0 unspecified atom stereocenters. The number of ether oxygens (including phenoxy) is 4. The van der Waals surface area contributed by atoms with Crippen LogP contribution in [0.25, 0.3) is 22.2 Å². The van der Waals surface area contributed by atoms with Gasteiger partial charge in [0.25, 0.3) is 0 Å². The molecule has 5 rings (SSSR count). The van der Waals surface area contributed by atoms with Crippen LogP contribution in [0.3, 0.4) is 0 Å². The molecule has 3 aromatic rings. The Morgan fingerprint density at radius 2 is 2.04 bits per heavy atom. The fraction of sp³-hybridized carbons (Fsp3) is 0.238. The summed E-state index contributed by atoms with van der Waals surface area (Å²) >= 11 is 0. The van der Waals surface area contributed by atoms with Gasteiger partial charge < -0.3 is 18.9 Å². The van der Waals surface area contributed by atoms with Gasteiger partial charge >= 0.3 is 6.09 Å². The first kappa shape index (κ1) is 16.7. The first-order valence-corrected chi connectivity index (χ1v) is 8.98. The maximum Gasteiger partial charge on any atom is 0.414 e.